The lowest BCUT2D eigenvalue weighted by Crippen LogP contribution is -2.21. The lowest BCUT2D eigenvalue weighted by atomic mass is 10.2. The normalized spacial score (nSPS) is 11.1. The third kappa shape index (κ3) is 3.61. The lowest BCUT2D eigenvalue weighted by Gasteiger charge is -2.00. The molecule has 3 rings (SSSR count). The van der Waals surface area contributed by atoms with Crippen molar-refractivity contribution in [1.82, 2.24) is 4.98 Å². The van der Waals surface area contributed by atoms with Gasteiger partial charge in [-0.1, -0.05) is 18.2 Å². The predicted octanol–water partition coefficient (Wildman–Crippen LogP) is 2.48. The van der Waals surface area contributed by atoms with Crippen molar-refractivity contribution < 1.29 is 32.6 Å². The van der Waals surface area contributed by atoms with E-state index in [9.17, 15) is 22.8 Å². The number of para-hydroxylation sites is 1. The topological polar surface area (TPSA) is 122 Å². The van der Waals surface area contributed by atoms with Gasteiger partial charge in [-0.3, -0.25) is 9.59 Å². The summed E-state index contributed by atoms with van der Waals surface area (Å²) in [6, 6.07) is 7.40. The summed E-state index contributed by atoms with van der Waals surface area (Å²) in [6.07, 6.45) is -5.08. The van der Waals surface area contributed by atoms with Gasteiger partial charge >= 0.3 is 12.1 Å². The first-order valence-electron chi connectivity index (χ1n) is 6.79. The monoisotopic (exact) mass is 388 g/mol. The van der Waals surface area contributed by atoms with Gasteiger partial charge in [0.1, 0.15) is 10.3 Å². The minimum atomic E-state index is -5.08. The molecule has 0 unspecified atom stereocenters. The minimum absolute atomic E-state index is 0.250. The number of hydrogen-bond donors (Lipinski definition) is 3. The Labute approximate surface area is 146 Å². The molecule has 26 heavy (non-hydrogen) atoms. The van der Waals surface area contributed by atoms with Gasteiger partial charge in [0, 0.05) is 10.9 Å². The van der Waals surface area contributed by atoms with Crippen molar-refractivity contribution in [3.8, 4) is 5.75 Å². The average Bonchev–Trinajstić information content (AvgIpc) is 2.95. The average molecular weight is 388 g/mol. The Balaban J connectivity index is 0.000000298. The highest BCUT2D eigenvalue weighted by Crippen LogP contribution is 2.38. The number of benzene rings is 1. The van der Waals surface area contributed by atoms with Gasteiger partial charge in [0.15, 0.2) is 5.75 Å². The van der Waals surface area contributed by atoms with Crippen molar-refractivity contribution in [1.29, 1.82) is 0 Å². The Morgan fingerprint density at radius 1 is 1.27 bits per heavy atom. The molecule has 1 aromatic carbocycles. The highest BCUT2D eigenvalue weighted by Gasteiger charge is 2.38. The van der Waals surface area contributed by atoms with Crippen LogP contribution in [0.3, 0.4) is 0 Å². The third-order valence-corrected chi connectivity index (χ3v) is 4.40. The summed E-state index contributed by atoms with van der Waals surface area (Å²) in [6.45, 7) is 0. The molecule has 0 saturated carbocycles. The van der Waals surface area contributed by atoms with E-state index >= 15 is 0 Å². The number of thiophene rings is 1. The highest BCUT2D eigenvalue weighted by molar-refractivity contribution is 7.22. The maximum atomic E-state index is 12.1. The number of hydrogen-bond acceptors (Lipinski definition) is 5. The Morgan fingerprint density at radius 3 is 2.35 bits per heavy atom. The summed E-state index contributed by atoms with van der Waals surface area (Å²) in [5.74, 6) is -3.10. The third-order valence-electron chi connectivity index (χ3n) is 3.18. The number of nitrogens with one attached hydrogen (secondary N) is 1. The van der Waals surface area contributed by atoms with Crippen molar-refractivity contribution >= 4 is 44.2 Å². The van der Waals surface area contributed by atoms with Crippen LogP contribution in [0.25, 0.3) is 21.0 Å². The number of nitrogens with two attached hydrogens (primary N) is 1. The maximum Gasteiger partial charge on any atom is 0.490 e. The van der Waals surface area contributed by atoms with E-state index < -0.39 is 18.1 Å². The van der Waals surface area contributed by atoms with Crippen LogP contribution in [0.5, 0.6) is 5.75 Å². The van der Waals surface area contributed by atoms with Crippen LogP contribution in [-0.2, 0) is 4.79 Å². The van der Waals surface area contributed by atoms with Crippen molar-refractivity contribution in [2.45, 2.75) is 6.18 Å². The SMILES string of the molecule is COc1c(C(N)=O)sc2c1c(=O)[nH]c1ccccc12.O=C(O)C(F)(F)F. The van der Waals surface area contributed by atoms with E-state index in [0.717, 1.165) is 10.9 Å². The molecule has 0 saturated heterocycles. The smallest absolute Gasteiger partial charge is 0.490 e. The molecule has 0 fully saturated rings. The predicted molar refractivity (Wildman–Crippen MR) is 88.7 cm³/mol. The van der Waals surface area contributed by atoms with E-state index in [2.05, 4.69) is 4.98 Å². The van der Waals surface area contributed by atoms with Crippen molar-refractivity contribution in [2.24, 2.45) is 5.73 Å². The van der Waals surface area contributed by atoms with Crippen molar-refractivity contribution in [2.75, 3.05) is 7.11 Å². The highest BCUT2D eigenvalue weighted by atomic mass is 32.1. The summed E-state index contributed by atoms with van der Waals surface area (Å²) in [5.41, 5.74) is 5.77. The first-order chi connectivity index (χ1) is 12.1. The molecule has 0 bridgehead atoms. The van der Waals surface area contributed by atoms with Gasteiger partial charge in [-0.15, -0.1) is 11.3 Å². The molecule has 0 atom stereocenters. The fourth-order valence-corrected chi connectivity index (χ4v) is 3.30. The van der Waals surface area contributed by atoms with Crippen LogP contribution >= 0.6 is 11.3 Å². The molecule has 3 aromatic rings. The van der Waals surface area contributed by atoms with E-state index in [1.807, 2.05) is 24.3 Å². The largest absolute Gasteiger partial charge is 0.494 e. The Hall–Kier alpha value is -3.08. The Bertz CT molecular complexity index is 1060. The zero-order valence-corrected chi connectivity index (χ0v) is 13.8. The van der Waals surface area contributed by atoms with Crippen LogP contribution in [0.1, 0.15) is 9.67 Å². The number of methoxy groups -OCH3 is 1. The number of alkyl halides is 3. The molecule has 7 nitrogen and oxygen atoms in total. The summed E-state index contributed by atoms with van der Waals surface area (Å²) in [4.78, 5) is 35.5. The molecule has 2 aromatic heterocycles. The van der Waals surface area contributed by atoms with Gasteiger partial charge in [0.05, 0.1) is 11.8 Å². The van der Waals surface area contributed by atoms with E-state index in [1.54, 1.807) is 0 Å². The second-order valence-electron chi connectivity index (χ2n) is 4.84. The fraction of sp³-hybridized carbons (Fsp3) is 0.133. The summed E-state index contributed by atoms with van der Waals surface area (Å²) in [7, 11) is 1.42. The Morgan fingerprint density at radius 2 is 1.85 bits per heavy atom. The molecule has 0 aliphatic carbocycles. The number of amides is 1. The van der Waals surface area contributed by atoms with Gasteiger partial charge in [-0.2, -0.15) is 13.2 Å². The van der Waals surface area contributed by atoms with Crippen LogP contribution in [0.4, 0.5) is 13.2 Å². The minimum Gasteiger partial charge on any atom is -0.494 e. The van der Waals surface area contributed by atoms with E-state index in [-0.39, 0.29) is 16.2 Å². The molecule has 4 N–H and O–H groups in total. The van der Waals surface area contributed by atoms with E-state index in [4.69, 9.17) is 20.4 Å². The second kappa shape index (κ2) is 7.04. The van der Waals surface area contributed by atoms with Crippen molar-refractivity contribution in [3.63, 3.8) is 0 Å². The molecule has 0 radical (unpaired) electrons. The summed E-state index contributed by atoms with van der Waals surface area (Å²) >= 11 is 1.18. The second-order valence-corrected chi connectivity index (χ2v) is 5.86. The molecule has 2 heterocycles. The van der Waals surface area contributed by atoms with Crippen LogP contribution < -0.4 is 16.0 Å². The number of aliphatic carboxylic acids is 1. The maximum absolute atomic E-state index is 12.1. The zero-order valence-electron chi connectivity index (χ0n) is 13.0. The van der Waals surface area contributed by atoms with Crippen LogP contribution in [0.2, 0.25) is 0 Å². The number of carboxylic acid groups (broad SMARTS) is 1. The number of halogens is 3. The number of carbonyl (C=O) groups excluding carboxylic acids is 1. The first-order valence-corrected chi connectivity index (χ1v) is 7.61. The van der Waals surface area contributed by atoms with E-state index in [1.165, 1.54) is 18.4 Å². The first kappa shape index (κ1) is 19.2. The van der Waals surface area contributed by atoms with Gasteiger partial charge in [-0.25, -0.2) is 4.79 Å². The quantitative estimate of drug-likeness (QED) is 0.622. The van der Waals surface area contributed by atoms with Crippen molar-refractivity contribution in [3.05, 3.63) is 39.5 Å². The summed E-state index contributed by atoms with van der Waals surface area (Å²) < 4.78 is 37.6. The van der Waals surface area contributed by atoms with Gasteiger partial charge in [0.25, 0.3) is 11.5 Å². The Kier molecular flexibility index (Phi) is 5.21. The van der Waals surface area contributed by atoms with Gasteiger partial charge < -0.3 is 20.6 Å². The van der Waals surface area contributed by atoms with Crippen LogP contribution in [-0.4, -0.2) is 35.3 Å². The number of carbonyl (C=O) groups is 2. The zero-order chi connectivity index (χ0) is 19.6. The number of aromatic nitrogens is 1. The standard InChI is InChI=1S/C13H10N2O3S.C2HF3O2/c1-18-9-8-10(19-11(9)12(14)16)6-4-2-3-5-7(6)15-13(8)17;3-2(4,5)1(6)7/h2-5H,1H3,(H2,14,16)(H,15,17);(H,6,7). The number of H-pyrrole nitrogens is 1. The van der Waals surface area contributed by atoms with Crippen LogP contribution in [0.15, 0.2) is 29.1 Å². The molecule has 11 heteroatoms. The van der Waals surface area contributed by atoms with E-state index in [0.29, 0.717) is 10.1 Å². The molecule has 0 spiro atoms. The summed E-state index contributed by atoms with van der Waals surface area (Å²) in [5, 5.41) is 8.37. The molecule has 1 amide bonds. The molecule has 138 valence electrons. The number of ether oxygens (including phenoxy) is 1. The van der Waals surface area contributed by atoms with Gasteiger partial charge in [-0.05, 0) is 6.07 Å². The molecular formula is C15H11F3N2O5S. The number of rotatable bonds is 2. The fourth-order valence-electron chi connectivity index (χ4n) is 2.14. The number of aromatic amines is 1. The lowest BCUT2D eigenvalue weighted by molar-refractivity contribution is -0.192. The molecule has 0 aliphatic heterocycles. The number of carboxylic acids is 1. The van der Waals surface area contributed by atoms with Gasteiger partial charge in [0.2, 0.25) is 0 Å². The van der Waals surface area contributed by atoms with Crippen LogP contribution in [0, 0.1) is 0 Å². The molecular weight excluding hydrogens is 377 g/mol. The number of pyridine rings is 1. The number of primary amides is 1. The number of fused-ring (bicyclic) bond motifs is 3. The molecule has 0 aliphatic rings.